The van der Waals surface area contributed by atoms with Crippen molar-refractivity contribution in [3.05, 3.63) is 205 Å². The molecule has 0 fully saturated rings. The highest BCUT2D eigenvalue weighted by Gasteiger charge is 2.35. The molecule has 0 saturated carbocycles. The summed E-state index contributed by atoms with van der Waals surface area (Å²) < 4.78 is 2.38. The van der Waals surface area contributed by atoms with Crippen LogP contribution in [0.2, 0.25) is 0 Å². The van der Waals surface area contributed by atoms with E-state index < -0.39 is 0 Å². The molecule has 2 heterocycles. The van der Waals surface area contributed by atoms with Crippen molar-refractivity contribution in [3.63, 3.8) is 0 Å². The molecular formula is C56H38N4. The molecule has 0 N–H and O–H groups in total. The Hall–Kier alpha value is -7.69. The van der Waals surface area contributed by atoms with E-state index in [2.05, 4.69) is 213 Å². The first-order valence-electron chi connectivity index (χ1n) is 20.6. The maximum Gasteiger partial charge on any atom is 0.166 e. The lowest BCUT2D eigenvalue weighted by atomic mass is 9.82. The Morgan fingerprint density at radius 1 is 0.350 bits per heavy atom. The summed E-state index contributed by atoms with van der Waals surface area (Å²) in [6, 6.07) is 69.6. The van der Waals surface area contributed by atoms with Crippen molar-refractivity contribution >= 4 is 43.4 Å². The predicted octanol–water partition coefficient (Wildman–Crippen LogP) is 14.2. The first-order chi connectivity index (χ1) is 29.5. The number of fused-ring (bicyclic) bond motifs is 9. The van der Waals surface area contributed by atoms with Crippen LogP contribution in [0.25, 0.3) is 105 Å². The number of para-hydroxylation sites is 2. The average molecular weight is 767 g/mol. The predicted molar refractivity (Wildman–Crippen MR) is 248 cm³/mol. The number of hydrogen-bond acceptors (Lipinski definition) is 3. The number of hydrogen-bond donors (Lipinski definition) is 0. The minimum atomic E-state index is -0.110. The normalized spacial score (nSPS) is 13.0. The van der Waals surface area contributed by atoms with Crippen LogP contribution < -0.4 is 0 Å². The van der Waals surface area contributed by atoms with Crippen molar-refractivity contribution in [1.82, 2.24) is 19.5 Å². The number of rotatable bonds is 5. The molecule has 9 aromatic carbocycles. The summed E-state index contributed by atoms with van der Waals surface area (Å²) in [5.41, 5.74) is 13.4. The van der Waals surface area contributed by atoms with Gasteiger partial charge in [0.15, 0.2) is 17.5 Å². The molecular weight excluding hydrogens is 729 g/mol. The van der Waals surface area contributed by atoms with E-state index in [-0.39, 0.29) is 5.41 Å². The highest BCUT2D eigenvalue weighted by molar-refractivity contribution is 6.13. The molecule has 1 aliphatic rings. The zero-order chi connectivity index (χ0) is 40.0. The molecule has 2 aromatic heterocycles. The van der Waals surface area contributed by atoms with Gasteiger partial charge in [0.05, 0.1) is 16.7 Å². The summed E-state index contributed by atoms with van der Waals surface area (Å²) in [7, 11) is 0. The second-order valence-corrected chi connectivity index (χ2v) is 16.4. The molecule has 0 saturated heterocycles. The quantitative estimate of drug-likeness (QED) is 0.164. The van der Waals surface area contributed by atoms with E-state index in [0.717, 1.165) is 55.3 Å². The van der Waals surface area contributed by atoms with Gasteiger partial charge in [-0.25, -0.2) is 15.0 Å². The fourth-order valence-corrected chi connectivity index (χ4v) is 9.74. The summed E-state index contributed by atoms with van der Waals surface area (Å²) >= 11 is 0. The molecule has 0 bridgehead atoms. The maximum atomic E-state index is 5.49. The molecule has 60 heavy (non-hydrogen) atoms. The van der Waals surface area contributed by atoms with Crippen molar-refractivity contribution in [2.24, 2.45) is 0 Å². The van der Waals surface area contributed by atoms with Gasteiger partial charge in [0, 0.05) is 32.9 Å². The second kappa shape index (κ2) is 13.2. The van der Waals surface area contributed by atoms with Crippen LogP contribution in [-0.4, -0.2) is 19.5 Å². The highest BCUT2D eigenvalue weighted by Crippen LogP contribution is 2.49. The minimum Gasteiger partial charge on any atom is -0.308 e. The fourth-order valence-electron chi connectivity index (χ4n) is 9.74. The molecule has 12 rings (SSSR count). The maximum absolute atomic E-state index is 5.49. The molecule has 0 amide bonds. The van der Waals surface area contributed by atoms with Crippen molar-refractivity contribution < 1.29 is 0 Å². The molecule has 0 unspecified atom stereocenters. The van der Waals surface area contributed by atoms with E-state index in [1.165, 1.54) is 43.8 Å². The lowest BCUT2D eigenvalue weighted by molar-refractivity contribution is 0.660. The molecule has 1 aliphatic carbocycles. The summed E-state index contributed by atoms with van der Waals surface area (Å²) in [5, 5.41) is 7.02. The Balaban J connectivity index is 1.17. The molecule has 4 nitrogen and oxygen atoms in total. The van der Waals surface area contributed by atoms with E-state index >= 15 is 0 Å². The third-order valence-corrected chi connectivity index (χ3v) is 12.7. The standard InChI is InChI=1S/C56H38N4/c1-56(2)48-25-13-10-22-42(48)46-33-38(29-31-49(46)56)53-57-54(59-55(58-53)47-32-37-18-6-7-19-39(37)40-20-8-9-21-41(40)47)45-30-28-36(35-16-4-3-5-17-35)34-52(45)60-50-26-14-11-23-43(50)44-24-12-15-27-51(44)60/h3-34H,1-2H3. The van der Waals surface area contributed by atoms with E-state index in [4.69, 9.17) is 15.0 Å². The molecule has 11 aromatic rings. The summed E-state index contributed by atoms with van der Waals surface area (Å²) in [6.07, 6.45) is 0. The van der Waals surface area contributed by atoms with Crippen LogP contribution in [0.5, 0.6) is 0 Å². The van der Waals surface area contributed by atoms with Gasteiger partial charge in [0.2, 0.25) is 0 Å². The summed E-state index contributed by atoms with van der Waals surface area (Å²) in [4.78, 5) is 16.3. The Labute approximate surface area is 348 Å². The fraction of sp³-hybridized carbons (Fsp3) is 0.0536. The Bertz CT molecular complexity index is 3470. The van der Waals surface area contributed by atoms with Crippen LogP contribution >= 0.6 is 0 Å². The van der Waals surface area contributed by atoms with Crippen LogP contribution in [0.4, 0.5) is 0 Å². The third kappa shape index (κ3) is 5.20. The minimum absolute atomic E-state index is 0.110. The summed E-state index contributed by atoms with van der Waals surface area (Å²) in [6.45, 7) is 4.63. The van der Waals surface area contributed by atoms with Crippen LogP contribution in [0, 0.1) is 0 Å². The van der Waals surface area contributed by atoms with Gasteiger partial charge in [0.25, 0.3) is 0 Å². The van der Waals surface area contributed by atoms with Gasteiger partial charge in [0.1, 0.15) is 0 Å². The lowest BCUT2D eigenvalue weighted by Crippen LogP contribution is -2.14. The van der Waals surface area contributed by atoms with Gasteiger partial charge in [-0.15, -0.1) is 0 Å². The molecule has 0 radical (unpaired) electrons. The van der Waals surface area contributed by atoms with Crippen LogP contribution in [0.3, 0.4) is 0 Å². The first-order valence-corrected chi connectivity index (χ1v) is 20.6. The Kier molecular flexibility index (Phi) is 7.54. The third-order valence-electron chi connectivity index (χ3n) is 12.7. The van der Waals surface area contributed by atoms with Crippen LogP contribution in [0.1, 0.15) is 25.0 Å². The van der Waals surface area contributed by atoms with E-state index in [9.17, 15) is 0 Å². The van der Waals surface area contributed by atoms with E-state index in [1.807, 2.05) is 0 Å². The van der Waals surface area contributed by atoms with Crippen molar-refractivity contribution in [2.45, 2.75) is 19.3 Å². The lowest BCUT2D eigenvalue weighted by Gasteiger charge is -2.21. The average Bonchev–Trinajstić information content (AvgIpc) is 3.76. The monoisotopic (exact) mass is 766 g/mol. The van der Waals surface area contributed by atoms with Crippen molar-refractivity contribution in [1.29, 1.82) is 0 Å². The van der Waals surface area contributed by atoms with Gasteiger partial charge in [-0.3, -0.25) is 0 Å². The van der Waals surface area contributed by atoms with Gasteiger partial charge < -0.3 is 4.57 Å². The Morgan fingerprint density at radius 2 is 0.917 bits per heavy atom. The van der Waals surface area contributed by atoms with Crippen molar-refractivity contribution in [3.8, 4) is 62.1 Å². The van der Waals surface area contributed by atoms with E-state index in [0.29, 0.717) is 17.5 Å². The molecule has 4 heteroatoms. The second-order valence-electron chi connectivity index (χ2n) is 16.4. The van der Waals surface area contributed by atoms with Gasteiger partial charge in [-0.05, 0) is 91.3 Å². The van der Waals surface area contributed by atoms with Crippen molar-refractivity contribution in [2.75, 3.05) is 0 Å². The summed E-state index contributed by atoms with van der Waals surface area (Å²) in [5.74, 6) is 1.89. The topological polar surface area (TPSA) is 43.6 Å². The van der Waals surface area contributed by atoms with Gasteiger partial charge >= 0.3 is 0 Å². The van der Waals surface area contributed by atoms with Crippen LogP contribution in [0.15, 0.2) is 194 Å². The van der Waals surface area contributed by atoms with E-state index in [1.54, 1.807) is 0 Å². The molecule has 0 spiro atoms. The zero-order valence-electron chi connectivity index (χ0n) is 33.3. The molecule has 282 valence electrons. The van der Waals surface area contributed by atoms with Gasteiger partial charge in [-0.1, -0.05) is 172 Å². The first kappa shape index (κ1) is 34.4. The van der Waals surface area contributed by atoms with Crippen LogP contribution in [-0.2, 0) is 5.41 Å². The smallest absolute Gasteiger partial charge is 0.166 e. The Morgan fingerprint density at radius 3 is 1.68 bits per heavy atom. The number of nitrogens with zero attached hydrogens (tertiary/aromatic N) is 4. The molecule has 0 aliphatic heterocycles. The number of benzene rings is 9. The molecule has 0 atom stereocenters. The van der Waals surface area contributed by atoms with Gasteiger partial charge in [-0.2, -0.15) is 0 Å². The highest BCUT2D eigenvalue weighted by atomic mass is 15.1. The number of aromatic nitrogens is 4. The SMILES string of the molecule is CC1(C)c2ccccc2-c2cc(-c3nc(-c4ccc(-c5ccccc5)cc4-n4c5ccccc5c5ccccc54)nc(-c4cc5ccccc5c5ccccc45)n3)ccc21. The zero-order valence-corrected chi connectivity index (χ0v) is 33.3. The largest absolute Gasteiger partial charge is 0.308 e.